The molecule has 0 radical (unpaired) electrons. The summed E-state index contributed by atoms with van der Waals surface area (Å²) in [6, 6.07) is 10.7. The van der Waals surface area contributed by atoms with Crippen LogP contribution in [0, 0.1) is 0 Å². The van der Waals surface area contributed by atoms with Gasteiger partial charge in [0.2, 0.25) is 0 Å². The van der Waals surface area contributed by atoms with Crippen molar-refractivity contribution in [1.82, 2.24) is 9.80 Å². The number of hydrogen-bond donors (Lipinski definition) is 0. The highest BCUT2D eigenvalue weighted by molar-refractivity contribution is 5.22. The van der Waals surface area contributed by atoms with E-state index in [1.165, 1.54) is 5.56 Å². The number of rotatable bonds is 5. The Morgan fingerprint density at radius 1 is 0.889 bits per heavy atom. The smallest absolute Gasteiger partial charge is 0.0401 e. The predicted molar refractivity (Wildman–Crippen MR) is 82.0 cm³/mol. The third-order valence-electron chi connectivity index (χ3n) is 3.32. The zero-order valence-corrected chi connectivity index (χ0v) is 13.2. The number of hydrogen-bond acceptors (Lipinski definition) is 2. The van der Waals surface area contributed by atoms with E-state index in [1.807, 2.05) is 13.8 Å². The van der Waals surface area contributed by atoms with Gasteiger partial charge in [0.1, 0.15) is 0 Å². The average molecular weight is 250 g/mol. The lowest BCUT2D eigenvalue weighted by Crippen LogP contribution is -2.41. The fraction of sp³-hybridized carbons (Fsp3) is 0.625. The first kappa shape index (κ1) is 17.1. The lowest BCUT2D eigenvalue weighted by atomic mass is 9.93. The van der Waals surface area contributed by atoms with Crippen molar-refractivity contribution in [2.75, 3.05) is 34.2 Å². The van der Waals surface area contributed by atoms with Gasteiger partial charge in [0, 0.05) is 18.6 Å². The lowest BCUT2D eigenvalue weighted by molar-refractivity contribution is 0.143. The van der Waals surface area contributed by atoms with Crippen LogP contribution in [0.3, 0.4) is 0 Å². The highest BCUT2D eigenvalue weighted by Gasteiger charge is 2.24. The monoisotopic (exact) mass is 250 g/mol. The van der Waals surface area contributed by atoms with Crippen molar-refractivity contribution in [2.24, 2.45) is 0 Å². The molecular formula is C16H30N2. The van der Waals surface area contributed by atoms with Gasteiger partial charge < -0.3 is 4.90 Å². The predicted octanol–water partition coefficient (Wildman–Crippen LogP) is 3.44. The molecule has 0 saturated heterocycles. The Labute approximate surface area is 114 Å². The molecule has 1 rings (SSSR count). The normalized spacial score (nSPS) is 11.4. The van der Waals surface area contributed by atoms with E-state index in [-0.39, 0.29) is 5.54 Å². The van der Waals surface area contributed by atoms with Gasteiger partial charge >= 0.3 is 0 Å². The molecule has 0 unspecified atom stereocenters. The Balaban J connectivity index is 0.00000137. The quantitative estimate of drug-likeness (QED) is 0.790. The van der Waals surface area contributed by atoms with Gasteiger partial charge in [-0.3, -0.25) is 4.90 Å². The fourth-order valence-corrected chi connectivity index (χ4v) is 1.70. The second-order valence-electron chi connectivity index (χ2n) is 5.15. The summed E-state index contributed by atoms with van der Waals surface area (Å²) >= 11 is 0. The van der Waals surface area contributed by atoms with Crippen LogP contribution in [0.5, 0.6) is 0 Å². The van der Waals surface area contributed by atoms with Gasteiger partial charge in [-0.05, 0) is 40.6 Å². The number of benzene rings is 1. The summed E-state index contributed by atoms with van der Waals surface area (Å²) < 4.78 is 0. The molecule has 0 heterocycles. The fourth-order valence-electron chi connectivity index (χ4n) is 1.70. The Hall–Kier alpha value is -0.860. The molecule has 0 spiro atoms. The first-order valence-corrected chi connectivity index (χ1v) is 6.86. The maximum absolute atomic E-state index is 2.41. The van der Waals surface area contributed by atoms with Crippen molar-refractivity contribution in [3.8, 4) is 0 Å². The van der Waals surface area contributed by atoms with Crippen molar-refractivity contribution in [2.45, 2.75) is 33.2 Å². The van der Waals surface area contributed by atoms with Crippen LogP contribution >= 0.6 is 0 Å². The number of nitrogens with zero attached hydrogens (tertiary/aromatic N) is 2. The highest BCUT2D eigenvalue weighted by atomic mass is 15.2. The third-order valence-corrected chi connectivity index (χ3v) is 3.32. The lowest BCUT2D eigenvalue weighted by Gasteiger charge is -2.36. The Morgan fingerprint density at radius 2 is 1.39 bits per heavy atom. The van der Waals surface area contributed by atoms with E-state index in [2.05, 4.69) is 75.1 Å². The summed E-state index contributed by atoms with van der Waals surface area (Å²) in [6.07, 6.45) is 0. The van der Waals surface area contributed by atoms with Crippen LogP contribution in [-0.4, -0.2) is 44.0 Å². The maximum Gasteiger partial charge on any atom is 0.0401 e. The molecule has 0 aliphatic heterocycles. The van der Waals surface area contributed by atoms with Gasteiger partial charge in [0.25, 0.3) is 0 Å². The zero-order chi connectivity index (χ0) is 14.2. The summed E-state index contributed by atoms with van der Waals surface area (Å²) in [7, 11) is 6.42. The van der Waals surface area contributed by atoms with Crippen LogP contribution in [0.1, 0.15) is 33.3 Å². The molecule has 104 valence electrons. The molecule has 0 bridgehead atoms. The standard InChI is InChI=1S/C14H24N2.C2H6/c1-14(2,13-9-7-6-8-10-13)16(5)12-11-15(3)4;1-2/h6-10H,11-12H2,1-5H3;1-2H3. The molecule has 0 aromatic heterocycles. The van der Waals surface area contributed by atoms with E-state index in [1.54, 1.807) is 0 Å². The SMILES string of the molecule is CC.CN(C)CCN(C)C(C)(C)c1ccccc1. The van der Waals surface area contributed by atoms with Gasteiger partial charge in [-0.1, -0.05) is 44.2 Å². The third kappa shape index (κ3) is 5.19. The molecule has 2 nitrogen and oxygen atoms in total. The summed E-state index contributed by atoms with van der Waals surface area (Å²) in [6.45, 7) is 10.7. The van der Waals surface area contributed by atoms with E-state index in [9.17, 15) is 0 Å². The molecule has 0 fully saturated rings. The van der Waals surface area contributed by atoms with Crippen molar-refractivity contribution in [1.29, 1.82) is 0 Å². The largest absolute Gasteiger partial charge is 0.308 e. The van der Waals surface area contributed by atoms with Crippen molar-refractivity contribution in [3.05, 3.63) is 35.9 Å². The molecular weight excluding hydrogens is 220 g/mol. The molecule has 0 saturated carbocycles. The van der Waals surface area contributed by atoms with Gasteiger partial charge in [0.15, 0.2) is 0 Å². The van der Waals surface area contributed by atoms with E-state index in [4.69, 9.17) is 0 Å². The zero-order valence-electron chi connectivity index (χ0n) is 13.2. The first-order valence-electron chi connectivity index (χ1n) is 6.86. The minimum atomic E-state index is 0.0945. The number of likely N-dealkylation sites (N-methyl/N-ethyl adjacent to an activating group) is 2. The molecule has 0 aliphatic rings. The van der Waals surface area contributed by atoms with E-state index in [0.29, 0.717) is 0 Å². The van der Waals surface area contributed by atoms with Crippen LogP contribution in [0.2, 0.25) is 0 Å². The molecule has 1 aromatic rings. The highest BCUT2D eigenvalue weighted by Crippen LogP contribution is 2.25. The maximum atomic E-state index is 2.41. The van der Waals surface area contributed by atoms with E-state index in [0.717, 1.165) is 13.1 Å². The molecule has 2 heteroatoms. The van der Waals surface area contributed by atoms with Crippen LogP contribution in [0.15, 0.2) is 30.3 Å². The Morgan fingerprint density at radius 3 is 1.83 bits per heavy atom. The summed E-state index contributed by atoms with van der Waals surface area (Å²) in [5.41, 5.74) is 1.47. The topological polar surface area (TPSA) is 6.48 Å². The minimum absolute atomic E-state index is 0.0945. The molecule has 18 heavy (non-hydrogen) atoms. The Bertz CT molecular complexity index is 304. The van der Waals surface area contributed by atoms with Crippen LogP contribution in [0.4, 0.5) is 0 Å². The molecule has 1 aromatic carbocycles. The van der Waals surface area contributed by atoms with E-state index >= 15 is 0 Å². The second kappa shape index (κ2) is 8.28. The van der Waals surface area contributed by atoms with Crippen LogP contribution < -0.4 is 0 Å². The molecule has 0 aliphatic carbocycles. The van der Waals surface area contributed by atoms with Gasteiger partial charge in [-0.2, -0.15) is 0 Å². The minimum Gasteiger partial charge on any atom is -0.308 e. The van der Waals surface area contributed by atoms with Gasteiger partial charge in [-0.25, -0.2) is 0 Å². The van der Waals surface area contributed by atoms with Crippen molar-refractivity contribution >= 4 is 0 Å². The van der Waals surface area contributed by atoms with Gasteiger partial charge in [0.05, 0.1) is 0 Å². The molecule has 0 amide bonds. The molecule has 0 atom stereocenters. The van der Waals surface area contributed by atoms with Crippen LogP contribution in [-0.2, 0) is 5.54 Å². The Kier molecular flexibility index (Phi) is 7.88. The van der Waals surface area contributed by atoms with Crippen LogP contribution in [0.25, 0.3) is 0 Å². The van der Waals surface area contributed by atoms with Crippen molar-refractivity contribution < 1.29 is 0 Å². The summed E-state index contributed by atoms with van der Waals surface area (Å²) in [5, 5.41) is 0. The summed E-state index contributed by atoms with van der Waals surface area (Å²) in [5.74, 6) is 0. The molecule has 0 N–H and O–H groups in total. The van der Waals surface area contributed by atoms with Crippen molar-refractivity contribution in [3.63, 3.8) is 0 Å². The van der Waals surface area contributed by atoms with Gasteiger partial charge in [-0.15, -0.1) is 0 Å². The first-order chi connectivity index (χ1) is 8.44. The van der Waals surface area contributed by atoms with E-state index < -0.39 is 0 Å². The average Bonchev–Trinajstić information content (AvgIpc) is 2.39. The second-order valence-corrected chi connectivity index (χ2v) is 5.15. The summed E-state index contributed by atoms with van der Waals surface area (Å²) in [4.78, 5) is 4.62.